The highest BCUT2D eigenvalue weighted by Gasteiger charge is 2.42. The lowest BCUT2D eigenvalue weighted by atomic mass is 9.97. The summed E-state index contributed by atoms with van der Waals surface area (Å²) < 4.78 is 17.5. The molecular weight excluding hydrogens is 372 g/mol. The molecule has 0 unspecified atom stereocenters. The summed E-state index contributed by atoms with van der Waals surface area (Å²) in [4.78, 5) is 1.20. The van der Waals surface area contributed by atoms with Crippen molar-refractivity contribution < 1.29 is 14.2 Å². The topological polar surface area (TPSA) is 43.3 Å². The van der Waals surface area contributed by atoms with Gasteiger partial charge in [-0.15, -0.1) is 11.3 Å². The van der Waals surface area contributed by atoms with Crippen molar-refractivity contribution in [2.75, 3.05) is 14.2 Å². The summed E-state index contributed by atoms with van der Waals surface area (Å²) >= 11 is 1.71. The highest BCUT2D eigenvalue weighted by molar-refractivity contribution is 7.12. The van der Waals surface area contributed by atoms with Gasteiger partial charge in [-0.3, -0.25) is 0 Å². The Morgan fingerprint density at radius 1 is 1.07 bits per heavy atom. The van der Waals surface area contributed by atoms with E-state index in [1.54, 1.807) is 25.6 Å². The van der Waals surface area contributed by atoms with Crippen LogP contribution in [-0.2, 0) is 0 Å². The number of hydrazone groups is 1. The largest absolute Gasteiger partial charge is 0.497 e. The third kappa shape index (κ3) is 2.72. The van der Waals surface area contributed by atoms with E-state index in [1.807, 2.05) is 36.4 Å². The average Bonchev–Trinajstić information content (AvgIpc) is 3.42. The van der Waals surface area contributed by atoms with Gasteiger partial charge in [0.1, 0.15) is 5.75 Å². The Bertz CT molecular complexity index is 1030. The predicted octanol–water partition coefficient (Wildman–Crippen LogP) is 5.01. The molecule has 6 heteroatoms. The highest BCUT2D eigenvalue weighted by atomic mass is 32.1. The number of hydrogen-bond donors (Lipinski definition) is 0. The highest BCUT2D eigenvalue weighted by Crippen LogP contribution is 2.51. The second-order valence-corrected chi connectivity index (χ2v) is 7.70. The smallest absolute Gasteiger partial charge is 0.214 e. The molecule has 142 valence electrons. The van der Waals surface area contributed by atoms with Crippen molar-refractivity contribution in [2.45, 2.75) is 18.7 Å². The number of thiophene rings is 1. The minimum Gasteiger partial charge on any atom is -0.497 e. The minimum atomic E-state index is -0.346. The number of para-hydroxylation sites is 1. The van der Waals surface area contributed by atoms with Crippen LogP contribution >= 0.6 is 11.3 Å². The Morgan fingerprint density at radius 3 is 2.75 bits per heavy atom. The molecule has 2 aliphatic heterocycles. The lowest BCUT2D eigenvalue weighted by molar-refractivity contribution is -0.0210. The van der Waals surface area contributed by atoms with Crippen LogP contribution in [0.25, 0.3) is 0 Å². The Kier molecular flexibility index (Phi) is 4.20. The number of hydrogen-bond acceptors (Lipinski definition) is 6. The fourth-order valence-corrected chi connectivity index (χ4v) is 4.57. The third-order valence-corrected chi connectivity index (χ3v) is 6.10. The summed E-state index contributed by atoms with van der Waals surface area (Å²) in [6.45, 7) is 0. The Morgan fingerprint density at radius 2 is 1.96 bits per heavy atom. The SMILES string of the molecule is COc1cccc([C@@H]2Oc3c(OC)cccc3[C@H]3CC(c4cccs4)=NN32)c1. The fraction of sp³-hybridized carbons (Fsp3) is 0.227. The number of benzene rings is 2. The quantitative estimate of drug-likeness (QED) is 0.626. The first-order chi connectivity index (χ1) is 13.8. The van der Waals surface area contributed by atoms with Gasteiger partial charge in [0.05, 0.1) is 30.9 Å². The van der Waals surface area contributed by atoms with Crippen LogP contribution in [0.3, 0.4) is 0 Å². The zero-order valence-electron chi connectivity index (χ0n) is 15.7. The van der Waals surface area contributed by atoms with Gasteiger partial charge in [-0.05, 0) is 29.6 Å². The van der Waals surface area contributed by atoms with E-state index in [-0.39, 0.29) is 12.3 Å². The van der Waals surface area contributed by atoms with Crippen LogP contribution in [0.5, 0.6) is 17.2 Å². The van der Waals surface area contributed by atoms with E-state index in [0.717, 1.165) is 40.5 Å². The van der Waals surface area contributed by atoms with E-state index in [2.05, 4.69) is 28.6 Å². The van der Waals surface area contributed by atoms with E-state index in [0.29, 0.717) is 0 Å². The van der Waals surface area contributed by atoms with Crippen molar-refractivity contribution in [3.8, 4) is 17.2 Å². The number of rotatable bonds is 4. The molecule has 0 radical (unpaired) electrons. The van der Waals surface area contributed by atoms with E-state index < -0.39 is 0 Å². The Hall–Kier alpha value is -2.99. The lowest BCUT2D eigenvalue weighted by Crippen LogP contribution is -2.33. The van der Waals surface area contributed by atoms with Crippen molar-refractivity contribution >= 4 is 17.0 Å². The molecule has 0 N–H and O–H groups in total. The molecule has 2 aliphatic rings. The molecule has 5 rings (SSSR count). The van der Waals surface area contributed by atoms with Gasteiger partial charge in [-0.1, -0.05) is 30.3 Å². The third-order valence-electron chi connectivity index (χ3n) is 5.18. The van der Waals surface area contributed by atoms with Gasteiger partial charge in [-0.2, -0.15) is 5.10 Å². The predicted molar refractivity (Wildman–Crippen MR) is 109 cm³/mol. The number of nitrogens with zero attached hydrogens (tertiary/aromatic N) is 2. The lowest BCUT2D eigenvalue weighted by Gasteiger charge is -2.38. The molecule has 28 heavy (non-hydrogen) atoms. The maximum Gasteiger partial charge on any atom is 0.214 e. The van der Waals surface area contributed by atoms with Crippen molar-refractivity contribution in [1.82, 2.24) is 5.01 Å². The zero-order valence-corrected chi connectivity index (χ0v) is 16.5. The molecule has 0 aliphatic carbocycles. The first-order valence-corrected chi connectivity index (χ1v) is 10.0. The molecule has 0 spiro atoms. The molecule has 0 amide bonds. The Balaban J connectivity index is 1.63. The van der Waals surface area contributed by atoms with Crippen molar-refractivity contribution in [3.63, 3.8) is 0 Å². The number of methoxy groups -OCH3 is 2. The summed E-state index contributed by atoms with van der Waals surface area (Å²) in [6, 6.07) is 18.3. The number of ether oxygens (including phenoxy) is 3. The molecule has 2 atom stereocenters. The van der Waals surface area contributed by atoms with Gasteiger partial charge in [0.25, 0.3) is 0 Å². The van der Waals surface area contributed by atoms with Crippen LogP contribution < -0.4 is 14.2 Å². The molecule has 2 aromatic carbocycles. The monoisotopic (exact) mass is 392 g/mol. The van der Waals surface area contributed by atoms with Gasteiger partial charge in [0.15, 0.2) is 11.5 Å². The maximum absolute atomic E-state index is 6.46. The van der Waals surface area contributed by atoms with Crippen LogP contribution in [0, 0.1) is 0 Å². The van der Waals surface area contributed by atoms with Crippen LogP contribution in [0.1, 0.15) is 34.7 Å². The van der Waals surface area contributed by atoms with E-state index >= 15 is 0 Å². The van der Waals surface area contributed by atoms with Crippen LogP contribution in [0.2, 0.25) is 0 Å². The molecule has 0 saturated heterocycles. The molecule has 3 heterocycles. The number of fused-ring (bicyclic) bond motifs is 3. The van der Waals surface area contributed by atoms with Crippen LogP contribution in [0.4, 0.5) is 0 Å². The maximum atomic E-state index is 6.46. The fourth-order valence-electron chi connectivity index (χ4n) is 3.85. The second kappa shape index (κ2) is 6.87. The van der Waals surface area contributed by atoms with Crippen LogP contribution in [0.15, 0.2) is 65.1 Å². The van der Waals surface area contributed by atoms with Gasteiger partial charge in [-0.25, -0.2) is 5.01 Å². The first-order valence-electron chi connectivity index (χ1n) is 9.15. The second-order valence-electron chi connectivity index (χ2n) is 6.75. The van der Waals surface area contributed by atoms with Gasteiger partial charge in [0.2, 0.25) is 6.23 Å². The zero-order chi connectivity index (χ0) is 19.1. The molecule has 0 saturated carbocycles. The van der Waals surface area contributed by atoms with Crippen molar-refractivity contribution in [3.05, 3.63) is 76.0 Å². The molecule has 1 aromatic heterocycles. The van der Waals surface area contributed by atoms with Crippen molar-refractivity contribution in [2.24, 2.45) is 5.10 Å². The standard InChI is InChI=1S/C22H20N2O3S/c1-25-15-7-3-6-14(12-15)22-24-18(13-17(23-24)20-10-5-11-28-20)16-8-4-9-19(26-2)21(16)27-22/h3-12,18,22H,13H2,1-2H3/t18-,22+/m1/s1. The summed E-state index contributed by atoms with van der Waals surface area (Å²) in [5, 5.41) is 9.13. The molecule has 3 aromatic rings. The van der Waals surface area contributed by atoms with Crippen molar-refractivity contribution in [1.29, 1.82) is 0 Å². The van der Waals surface area contributed by atoms with E-state index in [4.69, 9.17) is 19.3 Å². The molecular formula is C22H20N2O3S. The van der Waals surface area contributed by atoms with E-state index in [9.17, 15) is 0 Å². The molecule has 5 nitrogen and oxygen atoms in total. The average molecular weight is 392 g/mol. The summed E-state index contributed by atoms with van der Waals surface area (Å²) in [5.41, 5.74) is 3.19. The normalized spacial score (nSPS) is 20.1. The summed E-state index contributed by atoms with van der Waals surface area (Å²) in [7, 11) is 3.35. The summed E-state index contributed by atoms with van der Waals surface area (Å²) in [5.74, 6) is 2.33. The van der Waals surface area contributed by atoms with Gasteiger partial charge < -0.3 is 14.2 Å². The Labute approximate surface area is 167 Å². The van der Waals surface area contributed by atoms with Gasteiger partial charge >= 0.3 is 0 Å². The van der Waals surface area contributed by atoms with Gasteiger partial charge in [0, 0.05) is 17.5 Å². The first kappa shape index (κ1) is 17.1. The molecule has 0 fully saturated rings. The van der Waals surface area contributed by atoms with Crippen LogP contribution in [-0.4, -0.2) is 24.9 Å². The summed E-state index contributed by atoms with van der Waals surface area (Å²) in [6.07, 6.45) is 0.492. The molecule has 0 bridgehead atoms. The van der Waals surface area contributed by atoms with E-state index in [1.165, 1.54) is 4.88 Å². The minimum absolute atomic E-state index is 0.104.